The molecule has 1 aliphatic rings. The molecule has 1 aliphatic carbocycles. The second-order valence-electron chi connectivity index (χ2n) is 4.83. The molecule has 3 heteroatoms. The van der Waals surface area contributed by atoms with Crippen molar-refractivity contribution in [3.05, 3.63) is 35.9 Å². The fourth-order valence-electron chi connectivity index (χ4n) is 2.05. The van der Waals surface area contributed by atoms with Crippen molar-refractivity contribution in [3.63, 3.8) is 0 Å². The Bertz CT molecular complexity index is 538. The lowest BCUT2D eigenvalue weighted by atomic mass is 10.1. The lowest BCUT2D eigenvalue weighted by molar-refractivity contribution is 0.776. The standard InChI is InChI=1S/C14H17N3/c1-10-4-3-5-11(8-10)13-9-14(16-17(13)2)15-12-6-7-12/h3-5,8-9,12H,6-7H2,1-2H3,(H,15,16). The Morgan fingerprint density at radius 2 is 2.12 bits per heavy atom. The van der Waals surface area contributed by atoms with Crippen LogP contribution in [0.1, 0.15) is 18.4 Å². The molecule has 1 heterocycles. The van der Waals surface area contributed by atoms with E-state index in [-0.39, 0.29) is 0 Å². The van der Waals surface area contributed by atoms with E-state index in [0.717, 1.165) is 11.5 Å². The highest BCUT2D eigenvalue weighted by Gasteiger charge is 2.22. The van der Waals surface area contributed by atoms with Crippen LogP contribution >= 0.6 is 0 Å². The first-order valence-corrected chi connectivity index (χ1v) is 6.10. The van der Waals surface area contributed by atoms with E-state index in [1.54, 1.807) is 0 Å². The third-order valence-corrected chi connectivity index (χ3v) is 3.12. The summed E-state index contributed by atoms with van der Waals surface area (Å²) in [6, 6.07) is 11.3. The summed E-state index contributed by atoms with van der Waals surface area (Å²) in [7, 11) is 2.00. The molecule has 0 bridgehead atoms. The Morgan fingerprint density at radius 3 is 2.82 bits per heavy atom. The SMILES string of the molecule is Cc1cccc(-c2cc(NC3CC3)nn2C)c1. The van der Waals surface area contributed by atoms with Crippen LogP contribution in [0.15, 0.2) is 30.3 Å². The largest absolute Gasteiger partial charge is 0.366 e. The minimum Gasteiger partial charge on any atom is -0.366 e. The zero-order valence-corrected chi connectivity index (χ0v) is 10.3. The lowest BCUT2D eigenvalue weighted by Crippen LogP contribution is -2.01. The van der Waals surface area contributed by atoms with Crippen LogP contribution in [0.2, 0.25) is 0 Å². The second kappa shape index (κ2) is 3.91. The molecule has 1 aromatic heterocycles. The predicted octanol–water partition coefficient (Wildman–Crippen LogP) is 2.97. The minimum atomic E-state index is 0.648. The van der Waals surface area contributed by atoms with Gasteiger partial charge >= 0.3 is 0 Å². The molecule has 0 amide bonds. The second-order valence-corrected chi connectivity index (χ2v) is 4.83. The molecule has 1 aromatic carbocycles. The van der Waals surface area contributed by atoms with Crippen LogP contribution in [-0.2, 0) is 7.05 Å². The number of aromatic nitrogens is 2. The van der Waals surface area contributed by atoms with Gasteiger partial charge in [-0.15, -0.1) is 0 Å². The van der Waals surface area contributed by atoms with Crippen molar-refractivity contribution in [3.8, 4) is 11.3 Å². The Labute approximate surface area is 101 Å². The van der Waals surface area contributed by atoms with Gasteiger partial charge in [0.2, 0.25) is 0 Å². The fraction of sp³-hybridized carbons (Fsp3) is 0.357. The third kappa shape index (κ3) is 2.18. The van der Waals surface area contributed by atoms with E-state index in [9.17, 15) is 0 Å². The van der Waals surface area contributed by atoms with Crippen LogP contribution in [0.4, 0.5) is 5.82 Å². The average Bonchev–Trinajstić information content (AvgIpc) is 3.01. The first-order valence-electron chi connectivity index (χ1n) is 6.10. The fourth-order valence-corrected chi connectivity index (χ4v) is 2.05. The molecule has 1 N–H and O–H groups in total. The summed E-state index contributed by atoms with van der Waals surface area (Å²) in [5.74, 6) is 0.992. The number of hydrogen-bond donors (Lipinski definition) is 1. The zero-order chi connectivity index (χ0) is 11.8. The molecule has 88 valence electrons. The Hall–Kier alpha value is -1.77. The molecule has 0 radical (unpaired) electrons. The molecule has 3 rings (SSSR count). The molecule has 0 aliphatic heterocycles. The van der Waals surface area contributed by atoms with Crippen LogP contribution in [0.5, 0.6) is 0 Å². The maximum Gasteiger partial charge on any atom is 0.148 e. The van der Waals surface area contributed by atoms with Gasteiger partial charge in [0.1, 0.15) is 5.82 Å². The molecule has 0 saturated heterocycles. The Morgan fingerprint density at radius 1 is 1.29 bits per heavy atom. The van der Waals surface area contributed by atoms with Crippen LogP contribution in [0.25, 0.3) is 11.3 Å². The van der Waals surface area contributed by atoms with E-state index < -0.39 is 0 Å². The predicted molar refractivity (Wildman–Crippen MR) is 70.0 cm³/mol. The first-order chi connectivity index (χ1) is 8.22. The topological polar surface area (TPSA) is 29.9 Å². The Balaban J connectivity index is 1.93. The molecular weight excluding hydrogens is 210 g/mol. The highest BCUT2D eigenvalue weighted by molar-refractivity contribution is 5.64. The number of nitrogens with zero attached hydrogens (tertiary/aromatic N) is 2. The number of benzene rings is 1. The van der Waals surface area contributed by atoms with Gasteiger partial charge in [0.25, 0.3) is 0 Å². The van der Waals surface area contributed by atoms with E-state index in [2.05, 4.69) is 47.7 Å². The average molecular weight is 227 g/mol. The van der Waals surface area contributed by atoms with Crippen LogP contribution in [0.3, 0.4) is 0 Å². The number of aryl methyl sites for hydroxylation is 2. The van der Waals surface area contributed by atoms with Crippen molar-refractivity contribution < 1.29 is 0 Å². The van der Waals surface area contributed by atoms with Crippen molar-refractivity contribution >= 4 is 5.82 Å². The van der Waals surface area contributed by atoms with Gasteiger partial charge in [-0.1, -0.05) is 23.8 Å². The van der Waals surface area contributed by atoms with Crippen LogP contribution in [-0.4, -0.2) is 15.8 Å². The summed E-state index contributed by atoms with van der Waals surface area (Å²) in [4.78, 5) is 0. The van der Waals surface area contributed by atoms with E-state index in [1.165, 1.54) is 24.0 Å². The summed E-state index contributed by atoms with van der Waals surface area (Å²) < 4.78 is 1.94. The van der Waals surface area contributed by atoms with Crippen LogP contribution < -0.4 is 5.32 Å². The summed E-state index contributed by atoms with van der Waals surface area (Å²) in [6.45, 7) is 2.11. The van der Waals surface area contributed by atoms with Crippen molar-refractivity contribution in [2.45, 2.75) is 25.8 Å². The monoisotopic (exact) mass is 227 g/mol. The van der Waals surface area contributed by atoms with E-state index in [4.69, 9.17) is 0 Å². The van der Waals surface area contributed by atoms with Crippen LogP contribution in [0, 0.1) is 6.92 Å². The Kier molecular flexibility index (Phi) is 2.39. The van der Waals surface area contributed by atoms with Gasteiger partial charge in [0.05, 0.1) is 5.69 Å². The number of anilines is 1. The number of nitrogens with one attached hydrogen (secondary N) is 1. The molecule has 2 aromatic rings. The third-order valence-electron chi connectivity index (χ3n) is 3.12. The van der Waals surface area contributed by atoms with Gasteiger partial charge in [-0.2, -0.15) is 5.10 Å². The molecule has 0 unspecified atom stereocenters. The molecular formula is C14H17N3. The number of hydrogen-bond acceptors (Lipinski definition) is 2. The van der Waals surface area contributed by atoms with E-state index >= 15 is 0 Å². The van der Waals surface area contributed by atoms with E-state index in [0.29, 0.717) is 6.04 Å². The zero-order valence-electron chi connectivity index (χ0n) is 10.3. The van der Waals surface area contributed by atoms with Gasteiger partial charge in [-0.25, -0.2) is 0 Å². The maximum atomic E-state index is 4.50. The van der Waals surface area contributed by atoms with Gasteiger partial charge in [-0.05, 0) is 25.8 Å². The van der Waals surface area contributed by atoms with Gasteiger partial charge in [-0.3, -0.25) is 4.68 Å². The van der Waals surface area contributed by atoms with Gasteiger partial charge in [0.15, 0.2) is 0 Å². The van der Waals surface area contributed by atoms with E-state index in [1.807, 2.05) is 11.7 Å². The van der Waals surface area contributed by atoms with Crippen molar-refractivity contribution in [1.29, 1.82) is 0 Å². The smallest absolute Gasteiger partial charge is 0.148 e. The molecule has 0 atom stereocenters. The maximum absolute atomic E-state index is 4.50. The van der Waals surface area contributed by atoms with Gasteiger partial charge in [0, 0.05) is 24.7 Å². The van der Waals surface area contributed by atoms with Crippen molar-refractivity contribution in [1.82, 2.24) is 9.78 Å². The molecule has 3 nitrogen and oxygen atoms in total. The molecule has 17 heavy (non-hydrogen) atoms. The molecule has 1 saturated carbocycles. The summed E-state index contributed by atoms with van der Waals surface area (Å²) in [5.41, 5.74) is 3.67. The molecule has 0 spiro atoms. The summed E-state index contributed by atoms with van der Waals surface area (Å²) >= 11 is 0. The normalized spacial score (nSPS) is 14.9. The van der Waals surface area contributed by atoms with Crippen molar-refractivity contribution in [2.75, 3.05) is 5.32 Å². The van der Waals surface area contributed by atoms with Gasteiger partial charge < -0.3 is 5.32 Å². The highest BCUT2D eigenvalue weighted by Crippen LogP contribution is 2.27. The summed E-state index contributed by atoms with van der Waals surface area (Å²) in [5, 5.41) is 7.93. The number of rotatable bonds is 3. The minimum absolute atomic E-state index is 0.648. The quantitative estimate of drug-likeness (QED) is 0.873. The first kappa shape index (κ1) is 10.4. The van der Waals surface area contributed by atoms with Crippen molar-refractivity contribution in [2.24, 2.45) is 7.05 Å². The summed E-state index contributed by atoms with van der Waals surface area (Å²) in [6.07, 6.45) is 2.55. The lowest BCUT2D eigenvalue weighted by Gasteiger charge is -2.02. The molecule has 1 fully saturated rings. The highest BCUT2D eigenvalue weighted by atomic mass is 15.3.